The zero-order chi connectivity index (χ0) is 22.8. The zero-order valence-electron chi connectivity index (χ0n) is 16.9. The summed E-state index contributed by atoms with van der Waals surface area (Å²) in [5, 5.41) is 18.7. The summed E-state index contributed by atoms with van der Waals surface area (Å²) < 4.78 is 5.94. The van der Waals surface area contributed by atoms with Crippen LogP contribution in [0.25, 0.3) is 22.4 Å². The van der Waals surface area contributed by atoms with E-state index in [1.807, 2.05) is 25.3 Å². The monoisotopic (exact) mass is 455 g/mol. The van der Waals surface area contributed by atoms with Crippen LogP contribution in [0.4, 0.5) is 5.69 Å². The second-order valence-electron chi connectivity index (χ2n) is 7.21. The van der Waals surface area contributed by atoms with E-state index < -0.39 is 16.6 Å². The van der Waals surface area contributed by atoms with Gasteiger partial charge in [0.25, 0.3) is 11.6 Å². The van der Waals surface area contributed by atoms with Crippen LogP contribution in [0, 0.1) is 17.0 Å². The van der Waals surface area contributed by atoms with Gasteiger partial charge < -0.3 is 14.7 Å². The molecule has 0 aliphatic heterocycles. The summed E-state index contributed by atoms with van der Waals surface area (Å²) in [6, 6.07) is 9.81. The highest BCUT2D eigenvalue weighted by molar-refractivity contribution is 6.33. The molecule has 2 N–H and O–H groups in total. The van der Waals surface area contributed by atoms with Crippen molar-refractivity contribution in [1.29, 1.82) is 0 Å². The molecule has 0 aliphatic rings. The number of aromatic amines is 1. The van der Waals surface area contributed by atoms with Gasteiger partial charge in [0.1, 0.15) is 6.54 Å². The van der Waals surface area contributed by atoms with Gasteiger partial charge in [-0.25, -0.2) is 4.79 Å². The fourth-order valence-corrected chi connectivity index (χ4v) is 3.59. The van der Waals surface area contributed by atoms with E-state index >= 15 is 0 Å². The van der Waals surface area contributed by atoms with Crippen molar-refractivity contribution in [1.82, 2.24) is 20.1 Å². The largest absolute Gasteiger partial charge is 0.437 e. The number of hydrogen-bond donors (Lipinski definition) is 2. The Kier molecular flexibility index (Phi) is 5.78. The number of nitrogens with zero attached hydrogens (tertiary/aromatic N) is 3. The topological polar surface area (TPSA) is 136 Å². The first-order chi connectivity index (χ1) is 15.3. The lowest BCUT2D eigenvalue weighted by Crippen LogP contribution is -2.32. The molecule has 1 amide bonds. The number of benzene rings is 2. The Hall–Kier alpha value is -3.92. The molecule has 0 atom stereocenters. The van der Waals surface area contributed by atoms with Crippen LogP contribution in [0.3, 0.4) is 0 Å². The third-order valence-corrected chi connectivity index (χ3v) is 5.25. The van der Waals surface area contributed by atoms with Crippen LogP contribution in [0.15, 0.2) is 51.8 Å². The van der Waals surface area contributed by atoms with Gasteiger partial charge in [-0.1, -0.05) is 23.2 Å². The molecule has 0 aliphatic carbocycles. The highest BCUT2D eigenvalue weighted by Gasteiger charge is 2.18. The van der Waals surface area contributed by atoms with Crippen molar-refractivity contribution in [2.75, 3.05) is 6.54 Å². The standard InChI is InChI=1S/C21H18ClN5O5/c1-12-2-5-18-16(8-12)13(10-24-18)6-7-23-19(28)11-26-21(29)32-20(25-26)15-4-3-14(27(30)31)9-17(15)22/h2-5,8-10,24H,6-7,11H2,1H3,(H,23,28). The maximum absolute atomic E-state index is 12.3. The second kappa shape index (κ2) is 8.67. The molecule has 164 valence electrons. The van der Waals surface area contributed by atoms with Gasteiger partial charge in [0, 0.05) is 35.8 Å². The summed E-state index contributed by atoms with van der Waals surface area (Å²) in [4.78, 5) is 37.8. The smallest absolute Gasteiger partial charge is 0.388 e. The summed E-state index contributed by atoms with van der Waals surface area (Å²) >= 11 is 6.05. The molecular weight excluding hydrogens is 438 g/mol. The molecule has 2 heterocycles. The van der Waals surface area contributed by atoms with Gasteiger partial charge in [0.05, 0.1) is 15.5 Å². The van der Waals surface area contributed by atoms with E-state index in [0.29, 0.717) is 13.0 Å². The van der Waals surface area contributed by atoms with Crippen molar-refractivity contribution in [3.05, 3.63) is 79.4 Å². The Bertz CT molecular complexity index is 1390. The lowest BCUT2D eigenvalue weighted by atomic mass is 10.1. The molecule has 4 rings (SSSR count). The second-order valence-corrected chi connectivity index (χ2v) is 7.62. The molecule has 0 spiro atoms. The van der Waals surface area contributed by atoms with E-state index in [4.69, 9.17) is 16.0 Å². The Balaban J connectivity index is 1.40. The third-order valence-electron chi connectivity index (χ3n) is 4.93. The van der Waals surface area contributed by atoms with Crippen LogP contribution in [0.2, 0.25) is 5.02 Å². The molecule has 0 bridgehead atoms. The van der Waals surface area contributed by atoms with Gasteiger partial charge in [-0.2, -0.15) is 4.68 Å². The number of hydrogen-bond acceptors (Lipinski definition) is 6. The summed E-state index contributed by atoms with van der Waals surface area (Å²) in [5.41, 5.74) is 3.27. The van der Waals surface area contributed by atoms with Crippen molar-refractivity contribution in [2.24, 2.45) is 0 Å². The molecule has 10 nitrogen and oxygen atoms in total. The van der Waals surface area contributed by atoms with Gasteiger partial charge in [-0.3, -0.25) is 14.9 Å². The number of aryl methyl sites for hydroxylation is 1. The summed E-state index contributed by atoms with van der Waals surface area (Å²) in [6.07, 6.45) is 2.53. The van der Waals surface area contributed by atoms with Gasteiger partial charge in [-0.05, 0) is 37.1 Å². The first kappa shape index (κ1) is 21.3. The van der Waals surface area contributed by atoms with Crippen molar-refractivity contribution in [3.63, 3.8) is 0 Å². The number of aromatic nitrogens is 3. The van der Waals surface area contributed by atoms with Gasteiger partial charge in [-0.15, -0.1) is 5.10 Å². The van der Waals surface area contributed by atoms with Crippen LogP contribution in [-0.4, -0.2) is 32.1 Å². The van der Waals surface area contributed by atoms with Crippen LogP contribution >= 0.6 is 11.6 Å². The number of fused-ring (bicyclic) bond motifs is 1. The number of H-pyrrole nitrogens is 1. The van der Waals surface area contributed by atoms with Crippen LogP contribution < -0.4 is 11.1 Å². The van der Waals surface area contributed by atoms with E-state index in [0.717, 1.165) is 32.8 Å². The number of rotatable bonds is 7. The number of carbonyl (C=O) groups is 1. The van der Waals surface area contributed by atoms with E-state index in [1.165, 1.54) is 12.1 Å². The van der Waals surface area contributed by atoms with E-state index in [2.05, 4.69) is 21.5 Å². The normalized spacial score (nSPS) is 11.1. The Labute approximate surface area is 186 Å². The van der Waals surface area contributed by atoms with Gasteiger partial charge in [0.2, 0.25) is 5.91 Å². The molecule has 11 heteroatoms. The van der Waals surface area contributed by atoms with Crippen molar-refractivity contribution in [3.8, 4) is 11.5 Å². The average Bonchev–Trinajstić information content (AvgIpc) is 3.31. The van der Waals surface area contributed by atoms with Gasteiger partial charge >= 0.3 is 5.76 Å². The number of non-ortho nitro benzene ring substituents is 1. The first-order valence-electron chi connectivity index (χ1n) is 9.67. The fourth-order valence-electron chi connectivity index (χ4n) is 3.33. The Morgan fingerprint density at radius 3 is 2.88 bits per heavy atom. The molecule has 2 aromatic heterocycles. The number of nitro benzene ring substituents is 1. The summed E-state index contributed by atoms with van der Waals surface area (Å²) in [6.45, 7) is 2.07. The maximum Gasteiger partial charge on any atom is 0.437 e. The Morgan fingerprint density at radius 2 is 2.12 bits per heavy atom. The molecule has 0 radical (unpaired) electrons. The predicted octanol–water partition coefficient (Wildman–Crippen LogP) is 3.21. The van der Waals surface area contributed by atoms with Crippen LogP contribution in [0.1, 0.15) is 11.1 Å². The number of nitro groups is 1. The zero-order valence-corrected chi connectivity index (χ0v) is 17.7. The maximum atomic E-state index is 12.3. The minimum absolute atomic E-state index is 0.00557. The van der Waals surface area contributed by atoms with Gasteiger partial charge in [0.15, 0.2) is 0 Å². The van der Waals surface area contributed by atoms with Crippen molar-refractivity contribution >= 4 is 34.1 Å². The number of halogens is 1. The number of carbonyl (C=O) groups excluding carboxylic acids is 1. The fraction of sp³-hybridized carbons (Fsp3) is 0.190. The molecule has 0 fully saturated rings. The van der Waals surface area contributed by atoms with Crippen molar-refractivity contribution in [2.45, 2.75) is 19.9 Å². The quantitative estimate of drug-likeness (QED) is 0.324. The van der Waals surface area contributed by atoms with E-state index in [1.54, 1.807) is 0 Å². The van der Waals surface area contributed by atoms with Crippen LogP contribution in [0.5, 0.6) is 0 Å². The number of nitrogens with one attached hydrogen (secondary N) is 2. The van der Waals surface area contributed by atoms with E-state index in [-0.39, 0.29) is 28.7 Å². The minimum Gasteiger partial charge on any atom is -0.388 e. The average molecular weight is 456 g/mol. The number of amides is 1. The predicted molar refractivity (Wildman–Crippen MR) is 118 cm³/mol. The molecular formula is C21H18ClN5O5. The molecule has 0 unspecified atom stereocenters. The minimum atomic E-state index is -0.836. The lowest BCUT2D eigenvalue weighted by molar-refractivity contribution is -0.384. The third kappa shape index (κ3) is 4.40. The first-order valence-corrected chi connectivity index (χ1v) is 10.0. The molecule has 0 saturated heterocycles. The highest BCUT2D eigenvalue weighted by atomic mass is 35.5. The molecule has 2 aromatic carbocycles. The molecule has 0 saturated carbocycles. The SMILES string of the molecule is Cc1ccc2[nH]cc(CCNC(=O)Cn3nc(-c4ccc([N+](=O)[O-])cc4Cl)oc3=O)c2c1. The molecule has 32 heavy (non-hydrogen) atoms. The van der Waals surface area contributed by atoms with E-state index in [9.17, 15) is 19.7 Å². The summed E-state index contributed by atoms with van der Waals surface area (Å²) in [5.74, 6) is -1.37. The lowest BCUT2D eigenvalue weighted by Gasteiger charge is -2.04. The van der Waals surface area contributed by atoms with Crippen molar-refractivity contribution < 1.29 is 14.1 Å². The Morgan fingerprint density at radius 1 is 1.31 bits per heavy atom. The highest BCUT2D eigenvalue weighted by Crippen LogP contribution is 2.29. The summed E-state index contributed by atoms with van der Waals surface area (Å²) in [7, 11) is 0. The van der Waals surface area contributed by atoms with Crippen LogP contribution in [-0.2, 0) is 17.8 Å². The molecule has 4 aromatic rings.